The molecule has 2 aromatic rings. The van der Waals surface area contributed by atoms with E-state index in [2.05, 4.69) is 17.7 Å². The van der Waals surface area contributed by atoms with Crippen molar-refractivity contribution in [1.82, 2.24) is 9.78 Å². The largest absolute Gasteiger partial charge is 0.496 e. The molecule has 0 aliphatic rings. The Hall–Kier alpha value is -1.75. The van der Waals surface area contributed by atoms with Gasteiger partial charge in [-0.15, -0.1) is 0 Å². The SMILES string of the molecule is CCCn1nc(-c2ccccc2OC)cc(CS)c1=O. The monoisotopic (exact) mass is 290 g/mol. The van der Waals surface area contributed by atoms with E-state index in [9.17, 15) is 4.79 Å². The number of aromatic nitrogens is 2. The molecule has 0 N–H and O–H groups in total. The Morgan fingerprint density at radius 2 is 2.10 bits per heavy atom. The highest BCUT2D eigenvalue weighted by Gasteiger charge is 2.11. The minimum absolute atomic E-state index is 0.0690. The summed E-state index contributed by atoms with van der Waals surface area (Å²) in [5.41, 5.74) is 2.20. The van der Waals surface area contributed by atoms with Crippen LogP contribution in [0, 0.1) is 0 Å². The fourth-order valence-corrected chi connectivity index (χ4v) is 2.29. The third kappa shape index (κ3) is 2.88. The molecule has 0 atom stereocenters. The van der Waals surface area contributed by atoms with Gasteiger partial charge < -0.3 is 4.74 Å². The number of rotatable bonds is 5. The third-order valence-electron chi connectivity index (χ3n) is 3.04. The van der Waals surface area contributed by atoms with Crippen LogP contribution in [0.15, 0.2) is 35.1 Å². The Morgan fingerprint density at radius 3 is 2.75 bits per heavy atom. The summed E-state index contributed by atoms with van der Waals surface area (Å²) in [4.78, 5) is 12.1. The third-order valence-corrected chi connectivity index (χ3v) is 3.38. The number of thiol groups is 1. The van der Waals surface area contributed by atoms with Crippen molar-refractivity contribution in [2.24, 2.45) is 0 Å². The topological polar surface area (TPSA) is 44.1 Å². The lowest BCUT2D eigenvalue weighted by atomic mass is 10.1. The zero-order valence-corrected chi connectivity index (χ0v) is 12.6. The van der Waals surface area contributed by atoms with E-state index in [1.54, 1.807) is 13.2 Å². The van der Waals surface area contributed by atoms with Gasteiger partial charge in [0.1, 0.15) is 5.75 Å². The van der Waals surface area contributed by atoms with E-state index in [0.29, 0.717) is 17.9 Å². The van der Waals surface area contributed by atoms with E-state index < -0.39 is 0 Å². The van der Waals surface area contributed by atoms with Gasteiger partial charge in [0.25, 0.3) is 5.56 Å². The number of nitrogens with zero attached hydrogens (tertiary/aromatic N) is 2. The van der Waals surface area contributed by atoms with Gasteiger partial charge in [0.2, 0.25) is 0 Å². The molecule has 20 heavy (non-hydrogen) atoms. The van der Waals surface area contributed by atoms with E-state index in [1.165, 1.54) is 4.68 Å². The fraction of sp³-hybridized carbons (Fsp3) is 0.333. The van der Waals surface area contributed by atoms with Gasteiger partial charge in [-0.3, -0.25) is 4.79 Å². The lowest BCUT2D eigenvalue weighted by Gasteiger charge is -2.11. The van der Waals surface area contributed by atoms with Gasteiger partial charge >= 0.3 is 0 Å². The first-order chi connectivity index (χ1) is 9.71. The number of hydrogen-bond donors (Lipinski definition) is 1. The molecule has 0 saturated heterocycles. The van der Waals surface area contributed by atoms with Gasteiger partial charge in [-0.1, -0.05) is 19.1 Å². The van der Waals surface area contributed by atoms with Crippen LogP contribution in [0.4, 0.5) is 0 Å². The molecule has 5 heteroatoms. The summed E-state index contributed by atoms with van der Waals surface area (Å²) < 4.78 is 6.86. The van der Waals surface area contributed by atoms with E-state index in [1.807, 2.05) is 31.2 Å². The average Bonchev–Trinajstić information content (AvgIpc) is 2.49. The molecule has 106 valence electrons. The summed E-state index contributed by atoms with van der Waals surface area (Å²) >= 11 is 4.23. The summed E-state index contributed by atoms with van der Waals surface area (Å²) in [6.45, 7) is 2.62. The molecule has 0 aliphatic carbocycles. The molecule has 0 unspecified atom stereocenters. The summed E-state index contributed by atoms with van der Waals surface area (Å²) in [6, 6.07) is 9.44. The zero-order valence-electron chi connectivity index (χ0n) is 11.7. The number of hydrogen-bond acceptors (Lipinski definition) is 4. The number of aryl methyl sites for hydroxylation is 1. The first-order valence-electron chi connectivity index (χ1n) is 6.56. The van der Waals surface area contributed by atoms with Crippen LogP contribution in [-0.2, 0) is 12.3 Å². The van der Waals surface area contributed by atoms with Crippen LogP contribution in [0.3, 0.4) is 0 Å². The quantitative estimate of drug-likeness (QED) is 0.861. The van der Waals surface area contributed by atoms with Crippen LogP contribution in [0.5, 0.6) is 5.75 Å². The molecule has 0 saturated carbocycles. The number of methoxy groups -OCH3 is 1. The van der Waals surface area contributed by atoms with Crippen molar-refractivity contribution in [3.8, 4) is 17.0 Å². The standard InChI is InChI=1S/C15H18N2O2S/c1-3-8-17-15(18)11(10-20)9-13(16-17)12-6-4-5-7-14(12)19-2/h4-7,9,20H,3,8,10H2,1-2H3. The second kappa shape index (κ2) is 6.61. The van der Waals surface area contributed by atoms with Crippen molar-refractivity contribution in [3.63, 3.8) is 0 Å². The highest BCUT2D eigenvalue weighted by molar-refractivity contribution is 7.79. The normalized spacial score (nSPS) is 10.6. The lowest BCUT2D eigenvalue weighted by Crippen LogP contribution is -2.26. The van der Waals surface area contributed by atoms with E-state index in [0.717, 1.165) is 23.4 Å². The Morgan fingerprint density at radius 1 is 1.35 bits per heavy atom. The van der Waals surface area contributed by atoms with Crippen molar-refractivity contribution in [2.75, 3.05) is 7.11 Å². The minimum atomic E-state index is -0.0690. The van der Waals surface area contributed by atoms with Crippen molar-refractivity contribution in [3.05, 3.63) is 46.2 Å². The Kier molecular flexibility index (Phi) is 4.84. The Balaban J connectivity index is 2.62. The molecule has 0 spiro atoms. The maximum Gasteiger partial charge on any atom is 0.270 e. The van der Waals surface area contributed by atoms with Crippen molar-refractivity contribution >= 4 is 12.6 Å². The van der Waals surface area contributed by atoms with Gasteiger partial charge in [0.15, 0.2) is 0 Å². The highest BCUT2D eigenvalue weighted by Crippen LogP contribution is 2.27. The van der Waals surface area contributed by atoms with Gasteiger partial charge in [0, 0.05) is 23.4 Å². The maximum absolute atomic E-state index is 12.1. The van der Waals surface area contributed by atoms with E-state index in [-0.39, 0.29) is 5.56 Å². The first-order valence-corrected chi connectivity index (χ1v) is 7.19. The second-order valence-electron chi connectivity index (χ2n) is 4.44. The molecular formula is C15H18N2O2S. The van der Waals surface area contributed by atoms with Gasteiger partial charge in [-0.05, 0) is 24.6 Å². The minimum Gasteiger partial charge on any atom is -0.496 e. The van der Waals surface area contributed by atoms with Crippen LogP contribution < -0.4 is 10.3 Å². The fourth-order valence-electron chi connectivity index (χ4n) is 2.06. The van der Waals surface area contributed by atoms with Gasteiger partial charge in [0.05, 0.1) is 12.8 Å². The summed E-state index contributed by atoms with van der Waals surface area (Å²) in [7, 11) is 1.63. The van der Waals surface area contributed by atoms with Crippen molar-refractivity contribution < 1.29 is 4.74 Å². The van der Waals surface area contributed by atoms with Crippen LogP contribution in [0.25, 0.3) is 11.3 Å². The highest BCUT2D eigenvalue weighted by atomic mass is 32.1. The van der Waals surface area contributed by atoms with Crippen molar-refractivity contribution in [2.45, 2.75) is 25.6 Å². The molecule has 4 nitrogen and oxygen atoms in total. The van der Waals surface area contributed by atoms with Crippen LogP contribution in [-0.4, -0.2) is 16.9 Å². The summed E-state index contributed by atoms with van der Waals surface area (Å²) in [5, 5.41) is 4.44. The molecule has 2 rings (SSSR count). The van der Waals surface area contributed by atoms with Crippen LogP contribution >= 0.6 is 12.6 Å². The molecule has 0 radical (unpaired) electrons. The number of benzene rings is 1. The van der Waals surface area contributed by atoms with Gasteiger partial charge in [-0.25, -0.2) is 4.68 Å². The molecule has 1 aromatic carbocycles. The molecule has 0 aliphatic heterocycles. The van der Waals surface area contributed by atoms with E-state index >= 15 is 0 Å². The predicted molar refractivity (Wildman–Crippen MR) is 83.5 cm³/mol. The molecule has 0 amide bonds. The first kappa shape index (κ1) is 14.7. The summed E-state index contributed by atoms with van der Waals surface area (Å²) in [6.07, 6.45) is 0.855. The van der Waals surface area contributed by atoms with Gasteiger partial charge in [-0.2, -0.15) is 17.7 Å². The molecule has 1 heterocycles. The molecule has 1 aromatic heterocycles. The Bertz CT molecular complexity index is 653. The average molecular weight is 290 g/mol. The maximum atomic E-state index is 12.1. The lowest BCUT2D eigenvalue weighted by molar-refractivity contribution is 0.416. The molecule has 0 bridgehead atoms. The molecular weight excluding hydrogens is 272 g/mol. The summed E-state index contributed by atoms with van der Waals surface area (Å²) in [5.74, 6) is 1.14. The zero-order chi connectivity index (χ0) is 14.5. The second-order valence-corrected chi connectivity index (χ2v) is 4.76. The smallest absolute Gasteiger partial charge is 0.270 e. The van der Waals surface area contributed by atoms with Crippen molar-refractivity contribution in [1.29, 1.82) is 0 Å². The van der Waals surface area contributed by atoms with Crippen LogP contribution in [0.1, 0.15) is 18.9 Å². The number of para-hydroxylation sites is 1. The molecule has 0 fully saturated rings. The van der Waals surface area contributed by atoms with Crippen LogP contribution in [0.2, 0.25) is 0 Å². The van der Waals surface area contributed by atoms with E-state index in [4.69, 9.17) is 4.74 Å². The predicted octanol–water partition coefficient (Wildman–Crippen LogP) is 2.76. The number of ether oxygens (including phenoxy) is 1. The Labute approximate surface area is 123 Å².